The first-order chi connectivity index (χ1) is 12.6. The minimum Gasteiger partial charge on any atom is -0.457 e. The summed E-state index contributed by atoms with van der Waals surface area (Å²) in [5.74, 6) is 0.756. The lowest BCUT2D eigenvalue weighted by molar-refractivity contribution is 0.0961. The Morgan fingerprint density at radius 2 is 1.73 bits per heavy atom. The van der Waals surface area contributed by atoms with E-state index in [1.54, 1.807) is 25.2 Å². The number of amides is 3. The van der Waals surface area contributed by atoms with Gasteiger partial charge in [-0.3, -0.25) is 4.79 Å². The topological polar surface area (TPSA) is 79.5 Å². The molecule has 0 spiro atoms. The fourth-order valence-electron chi connectivity index (χ4n) is 2.47. The van der Waals surface area contributed by atoms with E-state index in [1.807, 2.05) is 44.2 Å². The summed E-state index contributed by atoms with van der Waals surface area (Å²) in [5.41, 5.74) is 0.865. The molecule has 26 heavy (non-hydrogen) atoms. The van der Waals surface area contributed by atoms with Crippen LogP contribution in [0.4, 0.5) is 10.5 Å². The van der Waals surface area contributed by atoms with Crippen molar-refractivity contribution in [2.75, 3.05) is 12.4 Å². The van der Waals surface area contributed by atoms with Crippen LogP contribution >= 0.6 is 0 Å². The summed E-state index contributed by atoms with van der Waals surface area (Å²) in [5, 5.41) is 8.26. The molecule has 2 aromatic rings. The molecule has 0 aliphatic carbocycles. The van der Waals surface area contributed by atoms with Crippen LogP contribution in [0.3, 0.4) is 0 Å². The van der Waals surface area contributed by atoms with Crippen molar-refractivity contribution in [3.63, 3.8) is 0 Å². The highest BCUT2D eigenvalue weighted by Gasteiger charge is 2.15. The molecule has 3 amide bonds. The molecule has 0 saturated carbocycles. The van der Waals surface area contributed by atoms with E-state index in [-0.39, 0.29) is 18.0 Å². The average molecular weight is 355 g/mol. The van der Waals surface area contributed by atoms with Crippen molar-refractivity contribution in [2.24, 2.45) is 0 Å². The molecule has 0 radical (unpaired) electrons. The van der Waals surface area contributed by atoms with E-state index in [2.05, 4.69) is 16.0 Å². The Kier molecular flexibility index (Phi) is 7.02. The average Bonchev–Trinajstić information content (AvgIpc) is 2.67. The van der Waals surface area contributed by atoms with Crippen molar-refractivity contribution in [2.45, 2.75) is 32.7 Å². The van der Waals surface area contributed by atoms with E-state index >= 15 is 0 Å². The number of carbonyl (C=O) groups excluding carboxylic acids is 2. The second kappa shape index (κ2) is 9.46. The first-order valence-electron chi connectivity index (χ1n) is 8.73. The van der Waals surface area contributed by atoms with Gasteiger partial charge in [-0.15, -0.1) is 0 Å². The maximum atomic E-state index is 12.2. The second-order valence-electron chi connectivity index (χ2n) is 5.82. The van der Waals surface area contributed by atoms with Crippen molar-refractivity contribution in [3.05, 3.63) is 54.1 Å². The predicted molar refractivity (Wildman–Crippen MR) is 103 cm³/mol. The number of para-hydroxylation sites is 1. The number of urea groups is 1. The fraction of sp³-hybridized carbons (Fsp3) is 0.300. The molecule has 3 N–H and O–H groups in total. The molecule has 6 nitrogen and oxygen atoms in total. The highest BCUT2D eigenvalue weighted by Crippen LogP contribution is 2.28. The molecular weight excluding hydrogens is 330 g/mol. The SMILES string of the molecule is CCC(CC)NC(=O)Nc1ccc(Oc2ccccc2)c(C(=O)NC)c1. The van der Waals surface area contributed by atoms with Crippen LogP contribution in [0.15, 0.2) is 48.5 Å². The van der Waals surface area contributed by atoms with Gasteiger partial charge < -0.3 is 20.7 Å². The summed E-state index contributed by atoms with van der Waals surface area (Å²) < 4.78 is 5.80. The number of anilines is 1. The zero-order valence-corrected chi connectivity index (χ0v) is 15.3. The van der Waals surface area contributed by atoms with Crippen molar-refractivity contribution in [3.8, 4) is 11.5 Å². The van der Waals surface area contributed by atoms with E-state index in [0.717, 1.165) is 12.8 Å². The molecule has 0 atom stereocenters. The van der Waals surface area contributed by atoms with E-state index in [4.69, 9.17) is 4.74 Å². The van der Waals surface area contributed by atoms with Crippen molar-refractivity contribution in [1.29, 1.82) is 0 Å². The maximum absolute atomic E-state index is 12.2. The van der Waals surface area contributed by atoms with Crippen molar-refractivity contribution < 1.29 is 14.3 Å². The van der Waals surface area contributed by atoms with Gasteiger partial charge in [-0.05, 0) is 43.2 Å². The normalized spacial score (nSPS) is 10.3. The van der Waals surface area contributed by atoms with Crippen LogP contribution in [0.5, 0.6) is 11.5 Å². The summed E-state index contributed by atoms with van der Waals surface area (Å²) >= 11 is 0. The Balaban J connectivity index is 2.19. The highest BCUT2D eigenvalue weighted by molar-refractivity contribution is 5.99. The van der Waals surface area contributed by atoms with Crippen LogP contribution < -0.4 is 20.7 Å². The molecule has 0 bridgehead atoms. The van der Waals surface area contributed by atoms with Crippen LogP contribution in [0.1, 0.15) is 37.0 Å². The lowest BCUT2D eigenvalue weighted by Crippen LogP contribution is -2.37. The van der Waals surface area contributed by atoms with Crippen LogP contribution in [0.2, 0.25) is 0 Å². The zero-order chi connectivity index (χ0) is 18.9. The van der Waals surface area contributed by atoms with Gasteiger partial charge in [0, 0.05) is 18.8 Å². The summed E-state index contributed by atoms with van der Waals surface area (Å²) in [7, 11) is 1.55. The van der Waals surface area contributed by atoms with E-state index in [9.17, 15) is 9.59 Å². The minimum atomic E-state index is -0.293. The molecular formula is C20H25N3O3. The lowest BCUT2D eigenvalue weighted by atomic mass is 10.1. The van der Waals surface area contributed by atoms with Crippen LogP contribution in [-0.4, -0.2) is 25.0 Å². The summed E-state index contributed by atoms with van der Waals surface area (Å²) in [6, 6.07) is 14.0. The Bertz CT molecular complexity index is 743. The van der Waals surface area contributed by atoms with Crippen LogP contribution in [0, 0.1) is 0 Å². The van der Waals surface area contributed by atoms with E-state index in [0.29, 0.717) is 22.7 Å². The number of ether oxygens (including phenoxy) is 1. The first kappa shape index (κ1) is 19.3. The summed E-state index contributed by atoms with van der Waals surface area (Å²) in [6.07, 6.45) is 1.72. The molecule has 0 fully saturated rings. The van der Waals surface area contributed by atoms with E-state index < -0.39 is 0 Å². The Hall–Kier alpha value is -3.02. The van der Waals surface area contributed by atoms with Gasteiger partial charge in [0.2, 0.25) is 0 Å². The molecule has 0 aliphatic rings. The largest absolute Gasteiger partial charge is 0.457 e. The van der Waals surface area contributed by atoms with Crippen molar-refractivity contribution >= 4 is 17.6 Å². The van der Waals surface area contributed by atoms with Gasteiger partial charge in [0.15, 0.2) is 0 Å². The van der Waals surface area contributed by atoms with Crippen LogP contribution in [0.25, 0.3) is 0 Å². The third kappa shape index (κ3) is 5.24. The van der Waals surface area contributed by atoms with Crippen LogP contribution in [-0.2, 0) is 0 Å². The minimum absolute atomic E-state index is 0.120. The Morgan fingerprint density at radius 3 is 2.35 bits per heavy atom. The van der Waals surface area contributed by atoms with Gasteiger partial charge in [-0.25, -0.2) is 4.79 Å². The quantitative estimate of drug-likeness (QED) is 0.698. The van der Waals surface area contributed by atoms with Gasteiger partial charge >= 0.3 is 6.03 Å². The lowest BCUT2D eigenvalue weighted by Gasteiger charge is -2.16. The first-order valence-corrected chi connectivity index (χ1v) is 8.73. The summed E-state index contributed by atoms with van der Waals surface area (Å²) in [6.45, 7) is 4.04. The second-order valence-corrected chi connectivity index (χ2v) is 5.82. The van der Waals surface area contributed by atoms with Gasteiger partial charge in [0.25, 0.3) is 5.91 Å². The monoisotopic (exact) mass is 355 g/mol. The number of hydrogen-bond acceptors (Lipinski definition) is 3. The molecule has 2 rings (SSSR count). The maximum Gasteiger partial charge on any atom is 0.319 e. The fourth-order valence-corrected chi connectivity index (χ4v) is 2.47. The van der Waals surface area contributed by atoms with E-state index in [1.165, 1.54) is 0 Å². The molecule has 0 saturated heterocycles. The van der Waals surface area contributed by atoms with Gasteiger partial charge in [0.05, 0.1) is 5.56 Å². The molecule has 6 heteroatoms. The van der Waals surface area contributed by atoms with Gasteiger partial charge in [-0.1, -0.05) is 32.0 Å². The zero-order valence-electron chi connectivity index (χ0n) is 15.3. The van der Waals surface area contributed by atoms with Gasteiger partial charge in [0.1, 0.15) is 11.5 Å². The third-order valence-electron chi connectivity index (χ3n) is 4.00. The van der Waals surface area contributed by atoms with Gasteiger partial charge in [-0.2, -0.15) is 0 Å². The number of carbonyl (C=O) groups is 2. The molecule has 138 valence electrons. The summed E-state index contributed by atoms with van der Waals surface area (Å²) in [4.78, 5) is 24.3. The smallest absolute Gasteiger partial charge is 0.319 e. The number of nitrogens with one attached hydrogen (secondary N) is 3. The molecule has 0 aromatic heterocycles. The Morgan fingerprint density at radius 1 is 1.04 bits per heavy atom. The third-order valence-corrected chi connectivity index (χ3v) is 4.00. The predicted octanol–water partition coefficient (Wildman–Crippen LogP) is 4.15. The molecule has 0 unspecified atom stereocenters. The Labute approximate surface area is 153 Å². The standard InChI is InChI=1S/C20H25N3O3/c1-4-14(5-2)22-20(25)23-15-11-12-18(17(13-15)19(24)21-3)26-16-9-7-6-8-10-16/h6-14H,4-5H2,1-3H3,(H,21,24)(H2,22,23,25). The number of benzene rings is 2. The number of rotatable bonds is 7. The molecule has 0 aliphatic heterocycles. The molecule has 0 heterocycles. The highest BCUT2D eigenvalue weighted by atomic mass is 16.5. The van der Waals surface area contributed by atoms with Crippen molar-refractivity contribution in [1.82, 2.24) is 10.6 Å². The number of hydrogen-bond donors (Lipinski definition) is 3. The molecule has 2 aromatic carbocycles.